The van der Waals surface area contributed by atoms with Gasteiger partial charge in [-0.1, -0.05) is 0 Å². The van der Waals surface area contributed by atoms with E-state index in [1.54, 1.807) is 0 Å². The number of methoxy groups -OCH3 is 1. The number of carbonyl (C=O) groups is 1. The molecule has 0 aromatic carbocycles. The Hall–Kier alpha value is -0.596. The Morgan fingerprint density at radius 1 is 1.00 bits per heavy atom. The largest absolute Gasteiger partial charge is 0.547 e. The highest BCUT2D eigenvalue weighted by molar-refractivity contribution is 6.70. The van der Waals surface area contributed by atoms with Crippen molar-refractivity contribution in [1.29, 1.82) is 0 Å². The van der Waals surface area contributed by atoms with Gasteiger partial charge in [-0.3, -0.25) is 0 Å². The Bertz CT molecular complexity index is 351. The van der Waals surface area contributed by atoms with Crippen molar-refractivity contribution in [1.82, 2.24) is 0 Å². The van der Waals surface area contributed by atoms with E-state index in [0.29, 0.717) is 11.3 Å². The van der Waals surface area contributed by atoms with Gasteiger partial charge in [0.25, 0.3) is 0 Å². The Balaban J connectivity index is 5.32. The molecule has 0 radical (unpaired) electrons. The van der Waals surface area contributed by atoms with Crippen LogP contribution < -0.4 is 0 Å². The summed E-state index contributed by atoms with van der Waals surface area (Å²) in [6, 6.07) is 0. The highest BCUT2D eigenvalue weighted by Gasteiger charge is 2.29. The van der Waals surface area contributed by atoms with E-state index in [-0.39, 0.29) is 12.1 Å². The molecule has 19 heavy (non-hydrogen) atoms. The third-order valence-corrected chi connectivity index (χ3v) is 4.16. The van der Waals surface area contributed by atoms with E-state index in [0.717, 1.165) is 0 Å². The lowest BCUT2D eigenvalue weighted by Gasteiger charge is -2.27. The van der Waals surface area contributed by atoms with Gasteiger partial charge in [0.05, 0.1) is 24.5 Å². The first kappa shape index (κ1) is 18.4. The average Bonchev–Trinajstić information content (AvgIpc) is 2.11. The summed E-state index contributed by atoms with van der Waals surface area (Å²) >= 11 is 0. The Labute approximate surface area is 119 Å². The molecule has 0 aliphatic rings. The molecule has 0 saturated carbocycles. The molecular formula is C13H28O4Si2. The third kappa shape index (κ3) is 7.54. The summed E-state index contributed by atoms with van der Waals surface area (Å²) < 4.78 is 16.7. The summed E-state index contributed by atoms with van der Waals surface area (Å²) in [5.41, 5.74) is 0.493. The van der Waals surface area contributed by atoms with Gasteiger partial charge in [0.2, 0.25) is 8.32 Å². The van der Waals surface area contributed by atoms with Gasteiger partial charge in [-0.2, -0.15) is 0 Å². The lowest BCUT2D eigenvalue weighted by molar-refractivity contribution is -0.137. The van der Waals surface area contributed by atoms with Crippen LogP contribution in [0.1, 0.15) is 13.8 Å². The monoisotopic (exact) mass is 304 g/mol. The molecule has 0 amide bonds. The van der Waals surface area contributed by atoms with Gasteiger partial charge < -0.3 is 13.6 Å². The van der Waals surface area contributed by atoms with Crippen LogP contribution in [0, 0.1) is 0 Å². The number of ether oxygens (including phenoxy) is 1. The summed E-state index contributed by atoms with van der Waals surface area (Å²) in [7, 11) is -2.11. The molecule has 4 nitrogen and oxygen atoms in total. The first-order valence-electron chi connectivity index (χ1n) is 6.53. The van der Waals surface area contributed by atoms with E-state index < -0.39 is 16.6 Å². The average molecular weight is 305 g/mol. The number of carbonyl (C=O) groups excluding carboxylic acids is 1. The summed E-state index contributed by atoms with van der Waals surface area (Å²) in [5, 5.41) is 0. The van der Waals surface area contributed by atoms with Crippen LogP contribution in [0.2, 0.25) is 39.3 Å². The van der Waals surface area contributed by atoms with Crippen LogP contribution in [0.5, 0.6) is 0 Å². The molecule has 0 saturated heterocycles. The molecule has 0 aliphatic heterocycles. The first-order valence-corrected chi connectivity index (χ1v) is 13.3. The fraction of sp³-hybridized carbons (Fsp3) is 0.769. The predicted octanol–water partition coefficient (Wildman–Crippen LogP) is 3.52. The molecule has 0 spiro atoms. The fourth-order valence-electron chi connectivity index (χ4n) is 1.81. The normalized spacial score (nSPS) is 15.6. The molecule has 0 aliphatic carbocycles. The second kappa shape index (κ2) is 6.72. The van der Waals surface area contributed by atoms with E-state index in [4.69, 9.17) is 13.6 Å². The van der Waals surface area contributed by atoms with Gasteiger partial charge in [0.15, 0.2) is 8.32 Å². The second-order valence-corrected chi connectivity index (χ2v) is 15.4. The van der Waals surface area contributed by atoms with Crippen LogP contribution in [-0.4, -0.2) is 35.8 Å². The standard InChI is InChI=1S/C13H28O4Si2/c1-10(16-18(4,5)6)12(13(14)15-3)11(2)17-19(7,8)9/h10H,1-9H3/b12-11+. The van der Waals surface area contributed by atoms with Crippen LogP contribution in [0.4, 0.5) is 0 Å². The minimum atomic E-state index is -1.76. The quantitative estimate of drug-likeness (QED) is 0.326. The van der Waals surface area contributed by atoms with Crippen molar-refractivity contribution in [2.24, 2.45) is 0 Å². The van der Waals surface area contributed by atoms with Crippen LogP contribution in [0.15, 0.2) is 11.3 Å². The molecule has 112 valence electrons. The molecule has 6 heteroatoms. The molecule has 0 aromatic heterocycles. The molecule has 0 bridgehead atoms. The summed E-state index contributed by atoms with van der Waals surface area (Å²) in [5.74, 6) is 0.248. The number of hydrogen-bond donors (Lipinski definition) is 0. The van der Waals surface area contributed by atoms with Crippen molar-refractivity contribution in [3.8, 4) is 0 Å². The second-order valence-electron chi connectivity index (χ2n) is 6.55. The summed E-state index contributed by atoms with van der Waals surface area (Å²) in [6.45, 7) is 16.2. The van der Waals surface area contributed by atoms with E-state index in [1.165, 1.54) is 7.11 Å². The lowest BCUT2D eigenvalue weighted by Crippen LogP contribution is -2.35. The van der Waals surface area contributed by atoms with E-state index in [2.05, 4.69) is 39.3 Å². The number of hydrogen-bond acceptors (Lipinski definition) is 4. The maximum Gasteiger partial charge on any atom is 0.339 e. The zero-order valence-electron chi connectivity index (χ0n) is 13.7. The highest BCUT2D eigenvalue weighted by atomic mass is 28.4. The van der Waals surface area contributed by atoms with Gasteiger partial charge in [0, 0.05) is 0 Å². The van der Waals surface area contributed by atoms with Gasteiger partial charge in [0.1, 0.15) is 0 Å². The fourth-order valence-corrected chi connectivity index (χ4v) is 4.02. The molecule has 0 fully saturated rings. The molecule has 0 aromatic rings. The maximum atomic E-state index is 12.0. The maximum absolute atomic E-state index is 12.0. The van der Waals surface area contributed by atoms with Crippen molar-refractivity contribution >= 4 is 22.6 Å². The summed E-state index contributed by atoms with van der Waals surface area (Å²) in [6.07, 6.45) is -0.310. The van der Waals surface area contributed by atoms with Crippen molar-refractivity contribution in [3.63, 3.8) is 0 Å². The highest BCUT2D eigenvalue weighted by Crippen LogP contribution is 2.21. The van der Waals surface area contributed by atoms with E-state index in [1.807, 2.05) is 13.8 Å². The Morgan fingerprint density at radius 2 is 1.47 bits per heavy atom. The third-order valence-electron chi connectivity index (χ3n) is 2.18. The summed E-state index contributed by atoms with van der Waals surface area (Å²) in [4.78, 5) is 12.0. The minimum Gasteiger partial charge on any atom is -0.547 e. The smallest absolute Gasteiger partial charge is 0.339 e. The Morgan fingerprint density at radius 3 is 1.79 bits per heavy atom. The number of allylic oxidation sites excluding steroid dienone is 1. The van der Waals surface area contributed by atoms with Crippen molar-refractivity contribution in [3.05, 3.63) is 11.3 Å². The molecular weight excluding hydrogens is 276 g/mol. The van der Waals surface area contributed by atoms with Crippen LogP contribution >= 0.6 is 0 Å². The predicted molar refractivity (Wildman–Crippen MR) is 83.0 cm³/mol. The van der Waals surface area contributed by atoms with Crippen LogP contribution in [-0.2, 0) is 18.4 Å². The molecule has 1 unspecified atom stereocenters. The molecule has 0 N–H and O–H groups in total. The van der Waals surface area contributed by atoms with Crippen LogP contribution in [0.3, 0.4) is 0 Å². The SMILES string of the molecule is COC(=O)/C(=C(\C)O[Si](C)(C)C)C(C)O[Si](C)(C)C. The van der Waals surface area contributed by atoms with Crippen LogP contribution in [0.25, 0.3) is 0 Å². The first-order chi connectivity index (χ1) is 8.37. The molecule has 0 heterocycles. The molecule has 1 atom stereocenters. The topological polar surface area (TPSA) is 44.8 Å². The number of esters is 1. The lowest BCUT2D eigenvalue weighted by atomic mass is 10.1. The number of rotatable bonds is 6. The molecule has 0 rings (SSSR count). The van der Waals surface area contributed by atoms with E-state index >= 15 is 0 Å². The van der Waals surface area contributed by atoms with Crippen molar-refractivity contribution in [2.75, 3.05) is 7.11 Å². The zero-order chi connectivity index (χ0) is 15.4. The van der Waals surface area contributed by atoms with Gasteiger partial charge in [-0.05, 0) is 53.1 Å². The Kier molecular flexibility index (Phi) is 6.51. The minimum absolute atomic E-state index is 0.310. The van der Waals surface area contributed by atoms with Crippen molar-refractivity contribution < 1.29 is 18.4 Å². The van der Waals surface area contributed by atoms with Crippen molar-refractivity contribution in [2.45, 2.75) is 59.2 Å². The van der Waals surface area contributed by atoms with Gasteiger partial charge >= 0.3 is 5.97 Å². The zero-order valence-corrected chi connectivity index (χ0v) is 15.7. The van der Waals surface area contributed by atoms with Gasteiger partial charge in [-0.25, -0.2) is 4.79 Å². The van der Waals surface area contributed by atoms with E-state index in [9.17, 15) is 4.79 Å². The van der Waals surface area contributed by atoms with Gasteiger partial charge in [-0.15, -0.1) is 0 Å².